The van der Waals surface area contributed by atoms with Gasteiger partial charge in [0.25, 0.3) is 5.69 Å². The average Bonchev–Trinajstić information content (AvgIpc) is 3.07. The third-order valence-corrected chi connectivity index (χ3v) is 4.75. The van der Waals surface area contributed by atoms with Crippen LogP contribution in [-0.2, 0) is 10.9 Å². The number of rotatable bonds is 4. The quantitative estimate of drug-likeness (QED) is 0.611. The van der Waals surface area contributed by atoms with E-state index in [-0.39, 0.29) is 5.69 Å². The number of halogens is 3. The topological polar surface area (TPSA) is 58.9 Å². The van der Waals surface area contributed by atoms with Crippen molar-refractivity contribution >= 4 is 11.4 Å². The summed E-state index contributed by atoms with van der Waals surface area (Å²) in [6.45, 7) is 4.71. The summed E-state index contributed by atoms with van der Waals surface area (Å²) >= 11 is 0. The Morgan fingerprint density at radius 1 is 1.24 bits per heavy atom. The van der Waals surface area contributed by atoms with E-state index in [0.717, 1.165) is 32.2 Å². The Hall–Kier alpha value is -1.87. The van der Waals surface area contributed by atoms with Crippen LogP contribution in [0.4, 0.5) is 24.5 Å². The van der Waals surface area contributed by atoms with Crippen molar-refractivity contribution in [3.63, 3.8) is 0 Å². The first-order chi connectivity index (χ1) is 11.8. The van der Waals surface area contributed by atoms with Crippen molar-refractivity contribution < 1.29 is 22.8 Å². The van der Waals surface area contributed by atoms with Crippen LogP contribution in [0, 0.1) is 16.0 Å². The first kappa shape index (κ1) is 17.9. The second-order valence-electron chi connectivity index (χ2n) is 6.47. The fourth-order valence-electron chi connectivity index (χ4n) is 3.40. The Balaban J connectivity index is 1.70. The predicted octanol–water partition coefficient (Wildman–Crippen LogP) is 2.77. The SMILES string of the molecule is O=[N+]([O-])c1ccc(N2CCN(CC3CCOC3)CC2)c(C(F)(F)F)c1. The van der Waals surface area contributed by atoms with Crippen molar-refractivity contribution in [3.05, 3.63) is 33.9 Å². The maximum Gasteiger partial charge on any atom is 0.418 e. The minimum Gasteiger partial charge on any atom is -0.381 e. The van der Waals surface area contributed by atoms with E-state index in [1.54, 1.807) is 4.90 Å². The molecule has 9 heteroatoms. The van der Waals surface area contributed by atoms with Crippen molar-refractivity contribution in [2.75, 3.05) is 50.8 Å². The number of ether oxygens (including phenoxy) is 1. The largest absolute Gasteiger partial charge is 0.418 e. The molecule has 2 saturated heterocycles. The lowest BCUT2D eigenvalue weighted by atomic mass is 10.1. The van der Waals surface area contributed by atoms with Crippen LogP contribution in [0.25, 0.3) is 0 Å². The summed E-state index contributed by atoms with van der Waals surface area (Å²) in [6, 6.07) is 2.96. The van der Waals surface area contributed by atoms with E-state index >= 15 is 0 Å². The van der Waals surface area contributed by atoms with E-state index in [0.29, 0.717) is 38.2 Å². The van der Waals surface area contributed by atoms with Gasteiger partial charge < -0.3 is 9.64 Å². The van der Waals surface area contributed by atoms with Crippen LogP contribution >= 0.6 is 0 Å². The van der Waals surface area contributed by atoms with Gasteiger partial charge in [0.2, 0.25) is 0 Å². The molecule has 3 rings (SSSR count). The molecule has 25 heavy (non-hydrogen) atoms. The molecule has 0 aromatic heterocycles. The van der Waals surface area contributed by atoms with Gasteiger partial charge in [0.1, 0.15) is 0 Å². The van der Waals surface area contributed by atoms with Gasteiger partial charge in [-0.2, -0.15) is 13.2 Å². The Morgan fingerprint density at radius 2 is 1.96 bits per heavy atom. The van der Waals surface area contributed by atoms with E-state index in [4.69, 9.17) is 4.74 Å². The van der Waals surface area contributed by atoms with Gasteiger partial charge >= 0.3 is 6.18 Å². The monoisotopic (exact) mass is 359 g/mol. The van der Waals surface area contributed by atoms with Crippen molar-refractivity contribution in [2.24, 2.45) is 5.92 Å². The minimum absolute atomic E-state index is 0.0157. The Bertz CT molecular complexity index is 625. The molecule has 0 aliphatic carbocycles. The van der Waals surface area contributed by atoms with Crippen molar-refractivity contribution in [1.29, 1.82) is 0 Å². The van der Waals surface area contributed by atoms with Crippen LogP contribution in [0.15, 0.2) is 18.2 Å². The molecule has 0 spiro atoms. The van der Waals surface area contributed by atoms with Crippen LogP contribution < -0.4 is 4.90 Å². The predicted molar refractivity (Wildman–Crippen MR) is 85.7 cm³/mol. The zero-order chi connectivity index (χ0) is 18.0. The molecule has 0 N–H and O–H groups in total. The maximum atomic E-state index is 13.3. The lowest BCUT2D eigenvalue weighted by Crippen LogP contribution is -2.48. The van der Waals surface area contributed by atoms with Crippen LogP contribution in [0.3, 0.4) is 0 Å². The molecule has 2 aliphatic heterocycles. The number of hydrogen-bond acceptors (Lipinski definition) is 5. The molecule has 138 valence electrons. The molecule has 0 radical (unpaired) electrons. The summed E-state index contributed by atoms with van der Waals surface area (Å²) in [7, 11) is 0. The lowest BCUT2D eigenvalue weighted by Gasteiger charge is -2.37. The molecule has 2 aliphatic rings. The number of piperazine rings is 1. The van der Waals surface area contributed by atoms with Gasteiger partial charge in [-0.1, -0.05) is 0 Å². The molecular formula is C16H20F3N3O3. The number of nitro groups is 1. The average molecular weight is 359 g/mol. The molecule has 1 aromatic carbocycles. The van der Waals surface area contributed by atoms with E-state index in [1.807, 2.05) is 0 Å². The van der Waals surface area contributed by atoms with Crippen LogP contribution in [0.5, 0.6) is 0 Å². The zero-order valence-corrected chi connectivity index (χ0v) is 13.7. The second kappa shape index (κ2) is 7.17. The fourth-order valence-corrected chi connectivity index (χ4v) is 3.40. The van der Waals surface area contributed by atoms with Gasteiger partial charge in [-0.15, -0.1) is 0 Å². The first-order valence-corrected chi connectivity index (χ1v) is 8.25. The molecule has 1 unspecified atom stereocenters. The third kappa shape index (κ3) is 4.21. The third-order valence-electron chi connectivity index (χ3n) is 4.75. The summed E-state index contributed by atoms with van der Waals surface area (Å²) in [6.07, 6.45) is -3.60. The van der Waals surface area contributed by atoms with Crippen molar-refractivity contribution in [1.82, 2.24) is 4.90 Å². The van der Waals surface area contributed by atoms with Crippen molar-refractivity contribution in [3.8, 4) is 0 Å². The van der Waals surface area contributed by atoms with Crippen molar-refractivity contribution in [2.45, 2.75) is 12.6 Å². The van der Waals surface area contributed by atoms with Gasteiger partial charge in [-0.25, -0.2) is 0 Å². The van der Waals surface area contributed by atoms with E-state index in [2.05, 4.69) is 4.90 Å². The molecule has 2 heterocycles. The summed E-state index contributed by atoms with van der Waals surface area (Å²) < 4.78 is 45.3. The highest BCUT2D eigenvalue weighted by atomic mass is 19.4. The smallest absolute Gasteiger partial charge is 0.381 e. The maximum absolute atomic E-state index is 13.3. The number of benzene rings is 1. The Kier molecular flexibility index (Phi) is 5.14. The van der Waals surface area contributed by atoms with Gasteiger partial charge in [0.05, 0.1) is 17.1 Å². The van der Waals surface area contributed by atoms with E-state index in [9.17, 15) is 23.3 Å². The minimum atomic E-state index is -4.63. The first-order valence-electron chi connectivity index (χ1n) is 8.25. The highest BCUT2D eigenvalue weighted by Gasteiger charge is 2.37. The van der Waals surface area contributed by atoms with E-state index < -0.39 is 22.4 Å². The molecule has 2 fully saturated rings. The molecular weight excluding hydrogens is 339 g/mol. The molecule has 1 atom stereocenters. The Morgan fingerprint density at radius 3 is 2.52 bits per heavy atom. The molecule has 0 amide bonds. The normalized spacial score (nSPS) is 22.4. The fraction of sp³-hybridized carbons (Fsp3) is 0.625. The highest BCUT2D eigenvalue weighted by molar-refractivity contribution is 5.59. The number of alkyl halides is 3. The van der Waals surface area contributed by atoms with Gasteiger partial charge in [0, 0.05) is 57.2 Å². The van der Waals surface area contributed by atoms with Gasteiger partial charge in [-0.3, -0.25) is 15.0 Å². The summed E-state index contributed by atoms with van der Waals surface area (Å²) in [5, 5.41) is 10.8. The second-order valence-corrected chi connectivity index (χ2v) is 6.47. The van der Waals surface area contributed by atoms with Gasteiger partial charge in [0.15, 0.2) is 0 Å². The molecule has 1 aromatic rings. The van der Waals surface area contributed by atoms with Gasteiger partial charge in [-0.05, 0) is 18.4 Å². The van der Waals surface area contributed by atoms with Crippen LogP contribution in [-0.4, -0.2) is 55.8 Å². The lowest BCUT2D eigenvalue weighted by molar-refractivity contribution is -0.385. The number of anilines is 1. The number of nitro benzene ring substituents is 1. The molecule has 0 bridgehead atoms. The number of nitrogens with zero attached hydrogens (tertiary/aromatic N) is 3. The van der Waals surface area contributed by atoms with Crippen LogP contribution in [0.2, 0.25) is 0 Å². The summed E-state index contributed by atoms with van der Waals surface area (Å²) in [4.78, 5) is 13.9. The highest BCUT2D eigenvalue weighted by Crippen LogP contribution is 2.39. The summed E-state index contributed by atoms with van der Waals surface area (Å²) in [5.41, 5.74) is -1.47. The number of hydrogen-bond donors (Lipinski definition) is 0. The Labute approximate surface area is 143 Å². The number of non-ortho nitro benzene ring substituents is 1. The standard InChI is InChI=1S/C16H20F3N3O3/c17-16(18,19)14-9-13(22(23)24)1-2-15(14)21-6-4-20(5-7-21)10-12-3-8-25-11-12/h1-2,9,12H,3-8,10-11H2. The zero-order valence-electron chi connectivity index (χ0n) is 13.7. The van der Waals surface area contributed by atoms with E-state index in [1.165, 1.54) is 6.07 Å². The van der Waals surface area contributed by atoms with Crippen LogP contribution in [0.1, 0.15) is 12.0 Å². The molecule has 6 nitrogen and oxygen atoms in total. The summed E-state index contributed by atoms with van der Waals surface area (Å²) in [5.74, 6) is 0.497. The molecule has 0 saturated carbocycles.